The summed E-state index contributed by atoms with van der Waals surface area (Å²) in [6.07, 6.45) is 0.199. The van der Waals surface area contributed by atoms with Crippen LogP contribution in [-0.2, 0) is 16.1 Å². The molecule has 40 heavy (non-hydrogen) atoms. The minimum atomic E-state index is -2.78. The second-order valence-corrected chi connectivity index (χ2v) is 8.74. The highest BCUT2D eigenvalue weighted by atomic mass is 19.3. The van der Waals surface area contributed by atoms with Crippen LogP contribution >= 0.6 is 0 Å². The largest absolute Gasteiger partial charge is 0.485 e. The fraction of sp³-hybridized carbons (Fsp3) is 0.320. The Morgan fingerprint density at radius 1 is 1.27 bits per heavy atom. The van der Waals surface area contributed by atoms with Crippen LogP contribution in [0.4, 0.5) is 23.7 Å². The number of benzene rings is 1. The zero-order valence-electron chi connectivity index (χ0n) is 21.5. The van der Waals surface area contributed by atoms with E-state index in [1.807, 2.05) is 0 Å². The maximum Gasteiger partial charge on any atom is 0.405 e. The SMILES string of the molecule is CN(C)C(=O)C=CCCC(NC(=O)O)C(=O)Nc1cccn(Cc2nc3c(OCC(F)F)cc(F)cc3[nH]2)c1=O. The van der Waals surface area contributed by atoms with E-state index in [9.17, 15) is 32.3 Å². The lowest BCUT2D eigenvalue weighted by atomic mass is 10.1. The second-order valence-electron chi connectivity index (χ2n) is 8.74. The molecule has 0 aliphatic rings. The molecule has 3 aromatic rings. The summed E-state index contributed by atoms with van der Waals surface area (Å²) in [4.78, 5) is 57.0. The summed E-state index contributed by atoms with van der Waals surface area (Å²) < 4.78 is 45.2. The minimum Gasteiger partial charge on any atom is -0.485 e. The molecule has 0 fully saturated rings. The van der Waals surface area contributed by atoms with Crippen molar-refractivity contribution in [3.8, 4) is 5.75 Å². The Bertz CT molecular complexity index is 1470. The van der Waals surface area contributed by atoms with E-state index in [2.05, 4.69) is 20.6 Å². The molecule has 1 atom stereocenters. The number of rotatable bonds is 12. The molecule has 2 heterocycles. The molecular weight excluding hydrogens is 537 g/mol. The number of imidazole rings is 1. The Kier molecular flexibility index (Phi) is 9.89. The normalized spacial score (nSPS) is 12.1. The van der Waals surface area contributed by atoms with Crippen molar-refractivity contribution in [1.82, 2.24) is 24.8 Å². The predicted octanol–water partition coefficient (Wildman–Crippen LogP) is 2.56. The fourth-order valence-electron chi connectivity index (χ4n) is 3.59. The van der Waals surface area contributed by atoms with Crippen LogP contribution in [0.3, 0.4) is 0 Å². The number of alkyl halides is 2. The van der Waals surface area contributed by atoms with Gasteiger partial charge in [-0.2, -0.15) is 0 Å². The van der Waals surface area contributed by atoms with E-state index in [0.717, 1.165) is 12.1 Å². The number of pyridine rings is 1. The molecule has 3 amide bonds. The Labute approximate surface area is 225 Å². The average Bonchev–Trinajstić information content (AvgIpc) is 3.28. The van der Waals surface area contributed by atoms with Gasteiger partial charge in [-0.1, -0.05) is 6.08 Å². The third-order valence-corrected chi connectivity index (χ3v) is 5.47. The van der Waals surface area contributed by atoms with Crippen molar-refractivity contribution in [2.75, 3.05) is 26.0 Å². The third kappa shape index (κ3) is 8.09. The van der Waals surface area contributed by atoms with Gasteiger partial charge in [-0.3, -0.25) is 14.4 Å². The number of halogens is 3. The first kappa shape index (κ1) is 29.7. The molecule has 2 aromatic heterocycles. The van der Waals surface area contributed by atoms with Crippen molar-refractivity contribution in [1.29, 1.82) is 0 Å². The number of hydrogen-bond acceptors (Lipinski definition) is 6. The maximum absolute atomic E-state index is 13.9. The highest BCUT2D eigenvalue weighted by Crippen LogP contribution is 2.26. The number of H-pyrrole nitrogens is 1. The Hall–Kier alpha value is -4.82. The number of hydrogen-bond donors (Lipinski definition) is 4. The number of anilines is 1. The smallest absolute Gasteiger partial charge is 0.405 e. The van der Waals surface area contributed by atoms with Gasteiger partial charge in [-0.05, 0) is 37.1 Å². The van der Waals surface area contributed by atoms with Crippen LogP contribution in [0.1, 0.15) is 18.7 Å². The number of aromatic amines is 1. The predicted molar refractivity (Wildman–Crippen MR) is 138 cm³/mol. The number of amides is 3. The highest BCUT2D eigenvalue weighted by molar-refractivity contribution is 5.96. The highest BCUT2D eigenvalue weighted by Gasteiger charge is 2.21. The Morgan fingerprint density at radius 2 is 2.02 bits per heavy atom. The number of ether oxygens (including phenoxy) is 1. The number of likely N-dealkylation sites (N-methyl/N-ethyl adjacent to an activating group) is 1. The van der Waals surface area contributed by atoms with E-state index < -0.39 is 42.5 Å². The quantitative estimate of drug-likeness (QED) is 0.246. The van der Waals surface area contributed by atoms with Crippen LogP contribution in [-0.4, -0.2) is 75.6 Å². The van der Waals surface area contributed by atoms with Gasteiger partial charge in [-0.25, -0.2) is 22.9 Å². The van der Waals surface area contributed by atoms with Crippen LogP contribution in [0, 0.1) is 5.82 Å². The summed E-state index contributed by atoms with van der Waals surface area (Å²) in [5.41, 5.74) is -0.535. The van der Waals surface area contributed by atoms with E-state index in [1.54, 1.807) is 14.1 Å². The van der Waals surface area contributed by atoms with Crippen molar-refractivity contribution >= 4 is 34.6 Å². The van der Waals surface area contributed by atoms with Gasteiger partial charge < -0.3 is 34.9 Å². The summed E-state index contributed by atoms with van der Waals surface area (Å²) in [6, 6.07) is 3.60. The zero-order chi connectivity index (χ0) is 29.4. The van der Waals surface area contributed by atoms with Crippen molar-refractivity contribution in [2.45, 2.75) is 31.9 Å². The number of carboxylic acid groups (broad SMARTS) is 1. The third-order valence-electron chi connectivity index (χ3n) is 5.47. The number of nitrogens with zero attached hydrogens (tertiary/aromatic N) is 3. The molecule has 214 valence electrons. The van der Waals surface area contributed by atoms with Crippen LogP contribution < -0.4 is 20.9 Å². The van der Waals surface area contributed by atoms with E-state index in [4.69, 9.17) is 9.84 Å². The molecule has 0 aliphatic carbocycles. The first-order valence-corrected chi connectivity index (χ1v) is 11.9. The number of carbonyl (C=O) groups excluding carboxylic acids is 2. The molecule has 1 aromatic carbocycles. The Morgan fingerprint density at radius 3 is 2.70 bits per heavy atom. The molecule has 3 rings (SSSR count). The van der Waals surface area contributed by atoms with Crippen molar-refractivity contribution in [3.05, 3.63) is 64.6 Å². The molecule has 12 nitrogen and oxygen atoms in total. The van der Waals surface area contributed by atoms with E-state index >= 15 is 0 Å². The van der Waals surface area contributed by atoms with Gasteiger partial charge in [0, 0.05) is 26.4 Å². The number of aromatic nitrogens is 3. The number of carbonyl (C=O) groups is 3. The monoisotopic (exact) mass is 564 g/mol. The van der Waals surface area contributed by atoms with Gasteiger partial charge in [0.25, 0.3) is 12.0 Å². The topological polar surface area (TPSA) is 159 Å². The molecular formula is C25H27F3N6O6. The summed E-state index contributed by atoms with van der Waals surface area (Å²) in [6.45, 7) is -1.11. The summed E-state index contributed by atoms with van der Waals surface area (Å²) in [7, 11) is 3.14. The van der Waals surface area contributed by atoms with Crippen molar-refractivity contribution in [3.63, 3.8) is 0 Å². The molecule has 0 spiro atoms. The van der Waals surface area contributed by atoms with Crippen molar-refractivity contribution < 1.29 is 37.4 Å². The van der Waals surface area contributed by atoms with Crippen LogP contribution in [0.2, 0.25) is 0 Å². The minimum absolute atomic E-state index is 0.0157. The van der Waals surface area contributed by atoms with Gasteiger partial charge in [0.2, 0.25) is 11.8 Å². The molecule has 4 N–H and O–H groups in total. The molecule has 0 aliphatic heterocycles. The molecule has 0 saturated heterocycles. The van der Waals surface area contributed by atoms with Gasteiger partial charge in [-0.15, -0.1) is 0 Å². The van der Waals surface area contributed by atoms with Gasteiger partial charge in [0.05, 0.1) is 12.1 Å². The van der Waals surface area contributed by atoms with Crippen molar-refractivity contribution in [2.24, 2.45) is 0 Å². The number of nitrogens with one attached hydrogen (secondary N) is 3. The Balaban J connectivity index is 1.76. The van der Waals surface area contributed by atoms with Gasteiger partial charge >= 0.3 is 6.09 Å². The summed E-state index contributed by atoms with van der Waals surface area (Å²) in [5, 5.41) is 13.6. The zero-order valence-corrected chi connectivity index (χ0v) is 21.5. The number of fused-ring (bicyclic) bond motifs is 1. The molecule has 0 bridgehead atoms. The summed E-state index contributed by atoms with van der Waals surface area (Å²) in [5.74, 6) is -1.81. The molecule has 1 unspecified atom stereocenters. The lowest BCUT2D eigenvalue weighted by molar-refractivity contribution is -0.123. The lowest BCUT2D eigenvalue weighted by Gasteiger charge is -2.16. The fourth-order valence-corrected chi connectivity index (χ4v) is 3.59. The molecule has 15 heteroatoms. The van der Waals surface area contributed by atoms with E-state index in [1.165, 1.54) is 39.9 Å². The van der Waals surface area contributed by atoms with Crippen LogP contribution in [0.5, 0.6) is 5.75 Å². The van der Waals surface area contributed by atoms with Gasteiger partial charge in [0.15, 0.2) is 0 Å². The molecule has 0 radical (unpaired) electrons. The van der Waals surface area contributed by atoms with Gasteiger partial charge in [0.1, 0.15) is 41.2 Å². The average molecular weight is 565 g/mol. The maximum atomic E-state index is 13.9. The summed E-state index contributed by atoms with van der Waals surface area (Å²) >= 11 is 0. The standard InChI is InChI=1S/C25H27F3N6O6/c1-33(2)21(35)8-4-3-6-15(31-25(38)39)23(36)30-16-7-5-9-34(24(16)37)12-20-29-17-10-14(26)11-18(22(17)32-20)40-13-19(27)28/h4-5,7-11,15,19,31H,3,6,12-13H2,1-2H3,(H,29,32)(H,30,36)(H,38,39). The first-order chi connectivity index (χ1) is 18.9. The lowest BCUT2D eigenvalue weighted by Crippen LogP contribution is -2.44. The van der Waals surface area contributed by atoms with E-state index in [0.29, 0.717) is 0 Å². The second kappa shape index (κ2) is 13.3. The van der Waals surface area contributed by atoms with Crippen LogP contribution in [0.25, 0.3) is 11.0 Å². The molecule has 0 saturated carbocycles. The van der Waals surface area contributed by atoms with E-state index in [-0.39, 0.29) is 53.6 Å². The first-order valence-electron chi connectivity index (χ1n) is 11.9. The number of allylic oxidation sites excluding steroid dienone is 1. The van der Waals surface area contributed by atoms with Crippen LogP contribution in [0.15, 0.2) is 47.4 Å².